The quantitative estimate of drug-likeness (QED) is 0.244. The highest BCUT2D eigenvalue weighted by molar-refractivity contribution is 7.99. The van der Waals surface area contributed by atoms with Crippen molar-refractivity contribution in [1.29, 1.82) is 0 Å². The van der Waals surface area contributed by atoms with Crippen molar-refractivity contribution in [3.8, 4) is 11.4 Å². The first-order valence-electron chi connectivity index (χ1n) is 12.2. The van der Waals surface area contributed by atoms with E-state index in [0.29, 0.717) is 12.1 Å². The van der Waals surface area contributed by atoms with Crippen LogP contribution in [0, 0.1) is 6.92 Å². The highest BCUT2D eigenvalue weighted by Crippen LogP contribution is 2.36. The molecule has 0 fully saturated rings. The van der Waals surface area contributed by atoms with Gasteiger partial charge in [-0.1, -0.05) is 81.1 Å². The van der Waals surface area contributed by atoms with E-state index in [2.05, 4.69) is 31.0 Å². The predicted octanol–water partition coefficient (Wildman–Crippen LogP) is 7.31. The number of hydrogen-bond donors (Lipinski definition) is 1. The highest BCUT2D eigenvalue weighted by Gasteiger charge is 2.22. The van der Waals surface area contributed by atoms with Gasteiger partial charge in [0.25, 0.3) is 0 Å². The lowest BCUT2D eigenvalue weighted by molar-refractivity contribution is 0.0993. The Bertz CT molecular complexity index is 1580. The summed E-state index contributed by atoms with van der Waals surface area (Å²) in [4.78, 5) is 16.1. The monoisotopic (exact) mass is 507 g/mol. The second kappa shape index (κ2) is 9.87. The van der Waals surface area contributed by atoms with Crippen LogP contribution in [-0.4, -0.2) is 25.9 Å². The molecule has 0 aliphatic rings. The largest absolute Gasteiger partial charge is 0.505 e. The molecule has 4 aromatic carbocycles. The molecule has 6 heteroatoms. The average molecular weight is 508 g/mol. The van der Waals surface area contributed by atoms with E-state index in [1.165, 1.54) is 4.80 Å². The Morgan fingerprint density at radius 1 is 0.865 bits per heavy atom. The van der Waals surface area contributed by atoms with Gasteiger partial charge in [-0.05, 0) is 59.9 Å². The van der Waals surface area contributed by atoms with E-state index >= 15 is 0 Å². The number of ketones is 1. The molecule has 186 valence electrons. The lowest BCUT2D eigenvalue weighted by Gasteiger charge is -2.22. The summed E-state index contributed by atoms with van der Waals surface area (Å²) in [5.41, 5.74) is 5.53. The fraction of sp³-hybridized carbons (Fsp3) is 0.194. The van der Waals surface area contributed by atoms with Gasteiger partial charge in [0, 0.05) is 27.3 Å². The number of Topliss-reactive ketones (excluding diaryl/α,β-unsaturated/α-hetero) is 1. The topological polar surface area (TPSA) is 68.0 Å². The van der Waals surface area contributed by atoms with E-state index in [-0.39, 0.29) is 16.9 Å². The molecule has 1 N–H and O–H groups in total. The van der Waals surface area contributed by atoms with E-state index in [4.69, 9.17) is 0 Å². The maximum atomic E-state index is 12.5. The van der Waals surface area contributed by atoms with Crippen LogP contribution in [0.3, 0.4) is 0 Å². The summed E-state index contributed by atoms with van der Waals surface area (Å²) in [5, 5.41) is 20.3. The number of fused-ring (bicyclic) bond motifs is 1. The molecule has 1 aromatic heterocycles. The summed E-state index contributed by atoms with van der Waals surface area (Å²) in [5.74, 6) is 0.322. The van der Waals surface area contributed by atoms with Crippen LogP contribution in [0.1, 0.15) is 47.8 Å². The van der Waals surface area contributed by atoms with E-state index in [1.54, 1.807) is 11.8 Å². The Labute approximate surface area is 221 Å². The van der Waals surface area contributed by atoms with Crippen molar-refractivity contribution in [3.05, 3.63) is 107 Å². The van der Waals surface area contributed by atoms with E-state index in [1.807, 2.05) is 91.9 Å². The van der Waals surface area contributed by atoms with Crippen molar-refractivity contribution < 1.29 is 9.90 Å². The molecule has 1 heterocycles. The van der Waals surface area contributed by atoms with E-state index < -0.39 is 0 Å². The highest BCUT2D eigenvalue weighted by atomic mass is 32.2. The zero-order chi connectivity index (χ0) is 26.2. The van der Waals surface area contributed by atoms with Crippen LogP contribution in [0.25, 0.3) is 16.7 Å². The summed E-state index contributed by atoms with van der Waals surface area (Å²) in [6, 6.07) is 27.4. The normalized spacial score (nSPS) is 11.7. The van der Waals surface area contributed by atoms with Crippen molar-refractivity contribution in [3.63, 3.8) is 0 Å². The number of aryl methyl sites for hydroxylation is 1. The maximum absolute atomic E-state index is 12.5. The van der Waals surface area contributed by atoms with Crippen molar-refractivity contribution in [2.75, 3.05) is 0 Å². The Balaban J connectivity index is 1.35. The van der Waals surface area contributed by atoms with Crippen LogP contribution < -0.4 is 0 Å². The molecular weight excluding hydrogens is 478 g/mol. The number of hydrogen-bond acceptors (Lipinski definition) is 5. The van der Waals surface area contributed by atoms with Gasteiger partial charge in [0.05, 0.1) is 0 Å². The molecule has 0 aliphatic heterocycles. The fourth-order valence-electron chi connectivity index (χ4n) is 4.27. The number of phenols is 1. The number of aromatic hydroxyl groups is 1. The van der Waals surface area contributed by atoms with Crippen LogP contribution in [0.4, 0.5) is 0 Å². The second-order valence-corrected chi connectivity index (χ2v) is 11.4. The SMILES string of the molecule is Cc1cc(-n2nc3ccc(Sc4ccc(CC(=O)c5ccccc5)cc4)cc3n2)c(O)c(C(C)(C)C)c1. The minimum Gasteiger partial charge on any atom is -0.505 e. The van der Waals surface area contributed by atoms with Gasteiger partial charge in [-0.2, -0.15) is 0 Å². The average Bonchev–Trinajstić information content (AvgIpc) is 3.29. The maximum Gasteiger partial charge on any atom is 0.167 e. The molecule has 0 saturated carbocycles. The summed E-state index contributed by atoms with van der Waals surface area (Å²) in [6.45, 7) is 8.25. The van der Waals surface area contributed by atoms with Crippen molar-refractivity contribution in [1.82, 2.24) is 15.0 Å². The smallest absolute Gasteiger partial charge is 0.167 e. The van der Waals surface area contributed by atoms with Crippen LogP contribution in [-0.2, 0) is 11.8 Å². The molecule has 0 amide bonds. The minimum atomic E-state index is -0.203. The van der Waals surface area contributed by atoms with Gasteiger partial charge in [0.1, 0.15) is 22.5 Å². The molecule has 0 spiro atoms. The number of nitrogens with zero attached hydrogens (tertiary/aromatic N) is 3. The molecule has 0 bridgehead atoms. The van der Waals surface area contributed by atoms with Crippen molar-refractivity contribution >= 4 is 28.6 Å². The number of phenolic OH excluding ortho intramolecular Hbond substituents is 1. The van der Waals surface area contributed by atoms with Crippen LogP contribution >= 0.6 is 11.8 Å². The third-order valence-corrected chi connectivity index (χ3v) is 7.23. The van der Waals surface area contributed by atoms with Crippen LogP contribution in [0.5, 0.6) is 5.75 Å². The first-order chi connectivity index (χ1) is 17.7. The van der Waals surface area contributed by atoms with Crippen molar-refractivity contribution in [2.45, 2.75) is 49.3 Å². The molecule has 0 aliphatic carbocycles. The Hall–Kier alpha value is -3.90. The van der Waals surface area contributed by atoms with Gasteiger partial charge < -0.3 is 5.11 Å². The number of rotatable bonds is 6. The predicted molar refractivity (Wildman–Crippen MR) is 149 cm³/mol. The van der Waals surface area contributed by atoms with Gasteiger partial charge in [-0.25, -0.2) is 0 Å². The third-order valence-electron chi connectivity index (χ3n) is 6.23. The Morgan fingerprint density at radius 3 is 2.24 bits per heavy atom. The summed E-state index contributed by atoms with van der Waals surface area (Å²) >= 11 is 1.63. The number of carbonyl (C=O) groups is 1. The molecule has 5 rings (SSSR count). The fourth-order valence-corrected chi connectivity index (χ4v) is 5.12. The first-order valence-corrected chi connectivity index (χ1v) is 13.1. The van der Waals surface area contributed by atoms with Crippen molar-refractivity contribution in [2.24, 2.45) is 0 Å². The Morgan fingerprint density at radius 2 is 1.54 bits per heavy atom. The first kappa shape index (κ1) is 24.8. The van der Waals surface area contributed by atoms with Gasteiger partial charge in [-0.15, -0.1) is 15.0 Å². The van der Waals surface area contributed by atoms with Gasteiger partial charge in [0.2, 0.25) is 0 Å². The van der Waals surface area contributed by atoms with Gasteiger partial charge in [0.15, 0.2) is 5.78 Å². The molecule has 5 aromatic rings. The third kappa shape index (κ3) is 5.44. The second-order valence-electron chi connectivity index (χ2n) is 10.3. The number of aromatic nitrogens is 3. The molecule has 37 heavy (non-hydrogen) atoms. The zero-order valence-corrected chi connectivity index (χ0v) is 22.2. The minimum absolute atomic E-state index is 0.115. The summed E-state index contributed by atoms with van der Waals surface area (Å²) in [6.07, 6.45) is 0.382. The molecule has 0 atom stereocenters. The van der Waals surface area contributed by atoms with Crippen LogP contribution in [0.2, 0.25) is 0 Å². The van der Waals surface area contributed by atoms with E-state index in [9.17, 15) is 9.90 Å². The zero-order valence-electron chi connectivity index (χ0n) is 21.4. The molecule has 0 radical (unpaired) electrons. The standard InChI is InChI=1S/C31H29N3O2S/c1-20-16-25(31(2,3)4)30(36)28(17-20)34-32-26-15-14-24(19-27(26)33-34)37-23-12-10-21(11-13-23)18-29(35)22-8-6-5-7-9-22/h5-17,19,36H,18H2,1-4H3. The molecule has 0 saturated heterocycles. The molecular formula is C31H29N3O2S. The summed E-state index contributed by atoms with van der Waals surface area (Å²) in [7, 11) is 0. The molecule has 5 nitrogen and oxygen atoms in total. The molecule has 0 unspecified atom stereocenters. The Kier molecular flexibility index (Phi) is 6.61. The van der Waals surface area contributed by atoms with E-state index in [0.717, 1.165) is 43.1 Å². The number of carbonyl (C=O) groups excluding carboxylic acids is 1. The lowest BCUT2D eigenvalue weighted by Crippen LogP contribution is -2.13. The van der Waals surface area contributed by atoms with Gasteiger partial charge >= 0.3 is 0 Å². The number of benzene rings is 4. The van der Waals surface area contributed by atoms with Gasteiger partial charge in [-0.3, -0.25) is 4.79 Å². The van der Waals surface area contributed by atoms with Crippen LogP contribution in [0.15, 0.2) is 94.7 Å². The summed E-state index contributed by atoms with van der Waals surface area (Å²) < 4.78 is 0. The lowest BCUT2D eigenvalue weighted by atomic mass is 9.85.